The minimum atomic E-state index is -4.75. The maximum absolute atomic E-state index is 14.2. The van der Waals surface area contributed by atoms with Crippen molar-refractivity contribution in [2.75, 3.05) is 33.3 Å². The summed E-state index contributed by atoms with van der Waals surface area (Å²) in [5.41, 5.74) is -0.383. The number of benzene rings is 2. The maximum Gasteiger partial charge on any atom is 0.433 e. The Kier molecular flexibility index (Phi) is 7.21. The molecule has 1 fully saturated rings. The van der Waals surface area contributed by atoms with Crippen LogP contribution >= 0.6 is 0 Å². The summed E-state index contributed by atoms with van der Waals surface area (Å²) >= 11 is 0. The fraction of sp³-hybridized carbons (Fsp3) is 0.321. The van der Waals surface area contributed by atoms with E-state index in [2.05, 4.69) is 10.1 Å². The Balaban J connectivity index is 1.44. The molecule has 7 nitrogen and oxygen atoms in total. The number of hydrogen-bond acceptors (Lipinski definition) is 5. The second-order valence-corrected chi connectivity index (χ2v) is 9.66. The van der Waals surface area contributed by atoms with Crippen molar-refractivity contribution in [3.05, 3.63) is 82.7 Å². The van der Waals surface area contributed by atoms with Gasteiger partial charge in [-0.1, -0.05) is 0 Å². The number of amides is 1. The van der Waals surface area contributed by atoms with E-state index in [-0.39, 0.29) is 41.6 Å². The van der Waals surface area contributed by atoms with Crippen LogP contribution in [0.5, 0.6) is 5.75 Å². The van der Waals surface area contributed by atoms with Gasteiger partial charge in [0.05, 0.1) is 19.0 Å². The molecule has 1 atom stereocenters. The third-order valence-corrected chi connectivity index (χ3v) is 7.26. The molecule has 210 valence electrons. The van der Waals surface area contributed by atoms with Crippen molar-refractivity contribution in [2.45, 2.75) is 26.1 Å². The summed E-state index contributed by atoms with van der Waals surface area (Å²) in [5, 5.41) is 3.91. The molecule has 5 rings (SSSR count). The van der Waals surface area contributed by atoms with Gasteiger partial charge in [0.15, 0.2) is 11.3 Å². The zero-order chi connectivity index (χ0) is 28.8. The standard InChI is InChI=1S/C28H26F5N5O2/c1-16-24(18-4-6-22(40-3)7-5-18)35-26-23(15-34-38(26)25(16)28(31,32)33)27(39)37-10-8-36(9-11-37)17(2)19-12-20(29)14-21(30)13-19/h4-7,12-15,17H,8-11H2,1-3H3/t17-/m1/s1. The summed E-state index contributed by atoms with van der Waals surface area (Å²) in [4.78, 5) is 21.5. The van der Waals surface area contributed by atoms with Crippen molar-refractivity contribution in [1.82, 2.24) is 24.4 Å². The monoisotopic (exact) mass is 559 g/mol. The highest BCUT2D eigenvalue weighted by molar-refractivity contribution is 6.00. The van der Waals surface area contributed by atoms with Crippen LogP contribution in [0, 0.1) is 18.6 Å². The third-order valence-electron chi connectivity index (χ3n) is 7.26. The van der Waals surface area contributed by atoms with Gasteiger partial charge >= 0.3 is 6.18 Å². The minimum absolute atomic E-state index is 0.0473. The van der Waals surface area contributed by atoms with E-state index in [1.165, 1.54) is 31.1 Å². The van der Waals surface area contributed by atoms with E-state index in [1.807, 2.05) is 11.8 Å². The lowest BCUT2D eigenvalue weighted by atomic mass is 10.0. The van der Waals surface area contributed by atoms with Gasteiger partial charge in [-0.05, 0) is 55.8 Å². The molecule has 2 aromatic heterocycles. The summed E-state index contributed by atoms with van der Waals surface area (Å²) in [6.07, 6.45) is -3.64. The molecule has 0 saturated carbocycles. The molecular formula is C28H26F5N5O2. The van der Waals surface area contributed by atoms with Gasteiger partial charge in [0, 0.05) is 49.4 Å². The minimum Gasteiger partial charge on any atom is -0.497 e. The molecule has 1 saturated heterocycles. The Morgan fingerprint density at radius 3 is 2.20 bits per heavy atom. The highest BCUT2D eigenvalue weighted by atomic mass is 19.4. The van der Waals surface area contributed by atoms with E-state index in [1.54, 1.807) is 24.3 Å². The van der Waals surface area contributed by atoms with Crippen LogP contribution in [0.1, 0.15) is 40.1 Å². The summed E-state index contributed by atoms with van der Waals surface area (Å²) in [7, 11) is 1.48. The smallest absolute Gasteiger partial charge is 0.433 e. The number of nitrogens with zero attached hydrogens (tertiary/aromatic N) is 5. The first kappa shape index (κ1) is 27.5. The molecule has 1 aliphatic rings. The first-order valence-electron chi connectivity index (χ1n) is 12.6. The summed E-state index contributed by atoms with van der Waals surface area (Å²) in [6.45, 7) is 4.48. The predicted molar refractivity (Wildman–Crippen MR) is 137 cm³/mol. The Morgan fingerprint density at radius 2 is 1.62 bits per heavy atom. The van der Waals surface area contributed by atoms with Crippen molar-refractivity contribution in [3.8, 4) is 17.0 Å². The van der Waals surface area contributed by atoms with Crippen LogP contribution in [-0.4, -0.2) is 63.6 Å². The van der Waals surface area contributed by atoms with E-state index in [4.69, 9.17) is 4.74 Å². The highest BCUT2D eigenvalue weighted by Crippen LogP contribution is 2.37. The fourth-order valence-corrected chi connectivity index (χ4v) is 5.10. The number of ether oxygens (including phenoxy) is 1. The first-order chi connectivity index (χ1) is 19.0. The lowest BCUT2D eigenvalue weighted by Crippen LogP contribution is -2.49. The Morgan fingerprint density at radius 1 is 1.00 bits per heavy atom. The number of fused-ring (bicyclic) bond motifs is 1. The average molecular weight is 560 g/mol. The number of hydrogen-bond donors (Lipinski definition) is 0. The zero-order valence-electron chi connectivity index (χ0n) is 22.0. The van der Waals surface area contributed by atoms with Crippen molar-refractivity contribution in [3.63, 3.8) is 0 Å². The van der Waals surface area contributed by atoms with Crippen molar-refractivity contribution in [2.24, 2.45) is 0 Å². The molecule has 4 aromatic rings. The molecule has 3 heterocycles. The highest BCUT2D eigenvalue weighted by Gasteiger charge is 2.39. The largest absolute Gasteiger partial charge is 0.497 e. The van der Waals surface area contributed by atoms with Crippen molar-refractivity contribution in [1.29, 1.82) is 0 Å². The van der Waals surface area contributed by atoms with Crippen LogP contribution in [0.2, 0.25) is 0 Å². The van der Waals surface area contributed by atoms with Crippen LogP contribution in [-0.2, 0) is 6.18 Å². The third kappa shape index (κ3) is 5.10. The predicted octanol–water partition coefficient (Wildman–Crippen LogP) is 5.53. The topological polar surface area (TPSA) is 63.0 Å². The van der Waals surface area contributed by atoms with Gasteiger partial charge in [-0.3, -0.25) is 9.69 Å². The van der Waals surface area contributed by atoms with Gasteiger partial charge in [0.1, 0.15) is 22.9 Å². The second-order valence-electron chi connectivity index (χ2n) is 9.66. The average Bonchev–Trinajstić information content (AvgIpc) is 3.33. The number of methoxy groups -OCH3 is 1. The SMILES string of the molecule is COc1ccc(-c2nc3c(C(=O)N4CCN([C@H](C)c5cc(F)cc(F)c5)CC4)cnn3c(C(F)(F)F)c2C)cc1. The lowest BCUT2D eigenvalue weighted by molar-refractivity contribution is -0.143. The van der Waals surface area contributed by atoms with Crippen LogP contribution in [0.3, 0.4) is 0 Å². The molecule has 0 aliphatic carbocycles. The second kappa shape index (κ2) is 10.5. The number of piperazine rings is 1. The first-order valence-corrected chi connectivity index (χ1v) is 12.6. The van der Waals surface area contributed by atoms with Gasteiger partial charge in [0.25, 0.3) is 5.91 Å². The molecule has 0 unspecified atom stereocenters. The van der Waals surface area contributed by atoms with E-state index >= 15 is 0 Å². The number of aromatic nitrogens is 3. The number of alkyl halides is 3. The quantitative estimate of drug-likeness (QED) is 0.301. The molecule has 0 spiro atoms. The zero-order valence-corrected chi connectivity index (χ0v) is 22.0. The van der Waals surface area contributed by atoms with Gasteiger partial charge < -0.3 is 9.64 Å². The Bertz CT molecular complexity index is 1540. The van der Waals surface area contributed by atoms with Gasteiger partial charge in [0.2, 0.25) is 0 Å². The molecular weight excluding hydrogens is 533 g/mol. The number of carbonyl (C=O) groups is 1. The van der Waals surface area contributed by atoms with E-state index in [0.29, 0.717) is 34.5 Å². The van der Waals surface area contributed by atoms with Crippen molar-refractivity contribution >= 4 is 11.6 Å². The number of carbonyl (C=O) groups excluding carboxylic acids is 1. The van der Waals surface area contributed by atoms with Gasteiger partial charge in [-0.15, -0.1) is 0 Å². The summed E-state index contributed by atoms with van der Waals surface area (Å²) in [6, 6.07) is 9.51. The maximum atomic E-state index is 14.2. The summed E-state index contributed by atoms with van der Waals surface area (Å²) in [5.74, 6) is -1.29. The molecule has 2 aromatic carbocycles. The normalized spacial score (nSPS) is 15.4. The van der Waals surface area contributed by atoms with Gasteiger partial charge in [-0.25, -0.2) is 18.3 Å². The van der Waals surface area contributed by atoms with E-state index < -0.39 is 29.4 Å². The molecule has 0 radical (unpaired) electrons. The van der Waals surface area contributed by atoms with Crippen LogP contribution in [0.15, 0.2) is 48.7 Å². The fourth-order valence-electron chi connectivity index (χ4n) is 5.10. The lowest BCUT2D eigenvalue weighted by Gasteiger charge is -2.38. The molecule has 1 amide bonds. The van der Waals surface area contributed by atoms with E-state index in [9.17, 15) is 26.7 Å². The van der Waals surface area contributed by atoms with Crippen LogP contribution < -0.4 is 4.74 Å². The molecule has 0 bridgehead atoms. The van der Waals surface area contributed by atoms with Crippen LogP contribution in [0.4, 0.5) is 22.0 Å². The molecule has 0 N–H and O–H groups in total. The number of halogens is 5. The Hall–Kier alpha value is -4.06. The van der Waals surface area contributed by atoms with Crippen LogP contribution in [0.25, 0.3) is 16.9 Å². The summed E-state index contributed by atoms with van der Waals surface area (Å²) < 4.78 is 75.9. The molecule has 40 heavy (non-hydrogen) atoms. The van der Waals surface area contributed by atoms with Gasteiger partial charge in [-0.2, -0.15) is 18.3 Å². The number of rotatable bonds is 5. The van der Waals surface area contributed by atoms with Crippen molar-refractivity contribution < 1.29 is 31.5 Å². The Labute approximate surface area is 226 Å². The van der Waals surface area contributed by atoms with E-state index in [0.717, 1.165) is 12.3 Å². The molecule has 12 heteroatoms. The molecule has 1 aliphatic heterocycles.